The van der Waals surface area contributed by atoms with Crippen LogP contribution in [-0.4, -0.2) is 56.4 Å². The summed E-state index contributed by atoms with van der Waals surface area (Å²) in [6.07, 6.45) is 2.52. The Balaban J connectivity index is 2.18. The smallest absolute Gasteiger partial charge is 0.296 e. The van der Waals surface area contributed by atoms with E-state index >= 15 is 0 Å². The minimum absolute atomic E-state index is 0.0671. The molecule has 13 heteroatoms. The molecule has 0 amide bonds. The lowest BCUT2D eigenvalue weighted by Gasteiger charge is -2.39. The van der Waals surface area contributed by atoms with E-state index in [-0.39, 0.29) is 23.8 Å². The SMILES string of the molecule is CN(CCC1=CCC[C@@H](O[Si](C)(C)C(C)(C)C)C1=O)S(=O)(=O)c1ccc([N+](=O)[O-])cc1[N+](=O)[O-]. The number of carbonyl (C=O) groups is 1. The van der Waals surface area contributed by atoms with Crippen molar-refractivity contribution in [3.05, 3.63) is 50.1 Å². The van der Waals surface area contributed by atoms with Crippen molar-refractivity contribution < 1.29 is 27.5 Å². The van der Waals surface area contributed by atoms with Crippen LogP contribution in [-0.2, 0) is 19.2 Å². The second kappa shape index (κ2) is 10.0. The van der Waals surface area contributed by atoms with Gasteiger partial charge in [-0.25, -0.2) is 12.7 Å². The molecule has 1 atom stereocenters. The van der Waals surface area contributed by atoms with Gasteiger partial charge in [0.25, 0.3) is 11.4 Å². The number of hydrogen-bond donors (Lipinski definition) is 0. The van der Waals surface area contributed by atoms with Crippen molar-refractivity contribution in [1.82, 2.24) is 4.31 Å². The van der Waals surface area contributed by atoms with Gasteiger partial charge in [-0.1, -0.05) is 26.8 Å². The Kier molecular flexibility index (Phi) is 8.18. The summed E-state index contributed by atoms with van der Waals surface area (Å²) in [4.78, 5) is 32.9. The molecule has 0 bridgehead atoms. The Morgan fingerprint density at radius 1 is 1.18 bits per heavy atom. The first-order chi connectivity index (χ1) is 15.5. The first-order valence-corrected chi connectivity index (χ1v) is 15.1. The molecule has 0 saturated heterocycles. The van der Waals surface area contributed by atoms with E-state index in [0.29, 0.717) is 24.5 Å². The van der Waals surface area contributed by atoms with E-state index in [1.165, 1.54) is 7.05 Å². The highest BCUT2D eigenvalue weighted by atomic mass is 32.2. The predicted octanol–water partition coefficient (Wildman–Crippen LogP) is 4.19. The van der Waals surface area contributed by atoms with E-state index in [2.05, 4.69) is 33.9 Å². The summed E-state index contributed by atoms with van der Waals surface area (Å²) in [6, 6.07) is 2.39. The van der Waals surface area contributed by atoms with Crippen LogP contribution < -0.4 is 0 Å². The summed E-state index contributed by atoms with van der Waals surface area (Å²) in [5, 5.41) is 22.2. The molecular weight excluding hydrogens is 482 g/mol. The van der Waals surface area contributed by atoms with Crippen molar-refractivity contribution in [2.24, 2.45) is 0 Å². The molecule has 0 aromatic heterocycles. The predicted molar refractivity (Wildman–Crippen MR) is 129 cm³/mol. The van der Waals surface area contributed by atoms with E-state index in [4.69, 9.17) is 4.43 Å². The number of rotatable bonds is 9. The van der Waals surface area contributed by atoms with Gasteiger partial charge in [-0.2, -0.15) is 0 Å². The fourth-order valence-electron chi connectivity index (χ4n) is 3.26. The van der Waals surface area contributed by atoms with Gasteiger partial charge in [0.2, 0.25) is 10.0 Å². The van der Waals surface area contributed by atoms with Crippen molar-refractivity contribution in [2.45, 2.75) is 69.2 Å². The number of ketones is 1. The molecule has 0 aliphatic heterocycles. The Hall–Kier alpha value is -2.48. The van der Waals surface area contributed by atoms with Crippen molar-refractivity contribution >= 4 is 35.5 Å². The van der Waals surface area contributed by atoms with Crippen molar-refractivity contribution in [3.63, 3.8) is 0 Å². The van der Waals surface area contributed by atoms with E-state index in [1.807, 2.05) is 0 Å². The number of Topliss-reactive ketones (excluding diaryl/α,β-unsaturated/α-hetero) is 1. The minimum Gasteiger partial charge on any atom is -0.407 e. The van der Waals surface area contributed by atoms with Crippen LogP contribution in [0.3, 0.4) is 0 Å². The van der Waals surface area contributed by atoms with Crippen molar-refractivity contribution in [3.8, 4) is 0 Å². The number of nitro benzene ring substituents is 2. The second-order valence-electron chi connectivity index (χ2n) is 9.78. The third kappa shape index (κ3) is 5.95. The Labute approximate surface area is 200 Å². The zero-order chi connectivity index (χ0) is 26.1. The fourth-order valence-corrected chi connectivity index (χ4v) is 5.86. The van der Waals surface area contributed by atoms with Gasteiger partial charge in [-0.05, 0) is 49.0 Å². The lowest BCUT2D eigenvalue weighted by molar-refractivity contribution is -0.396. The van der Waals surface area contributed by atoms with Gasteiger partial charge < -0.3 is 4.43 Å². The summed E-state index contributed by atoms with van der Waals surface area (Å²) >= 11 is 0. The number of non-ortho nitro benzene ring substituents is 1. The number of carbonyl (C=O) groups excluding carboxylic acids is 1. The quantitative estimate of drug-likeness (QED) is 0.271. The topological polar surface area (TPSA) is 150 Å². The number of nitro groups is 2. The molecular formula is C21H31N3O8SSi. The Bertz CT molecular complexity index is 1130. The molecule has 0 spiro atoms. The lowest BCUT2D eigenvalue weighted by Crippen LogP contribution is -2.47. The molecule has 0 N–H and O–H groups in total. The summed E-state index contributed by atoms with van der Waals surface area (Å²) in [7, 11) is -5.26. The molecule has 0 fully saturated rings. The molecule has 1 aromatic carbocycles. The van der Waals surface area contributed by atoms with E-state index in [9.17, 15) is 33.4 Å². The molecule has 11 nitrogen and oxygen atoms in total. The van der Waals surface area contributed by atoms with E-state index < -0.39 is 50.6 Å². The minimum atomic E-state index is -4.33. The lowest BCUT2D eigenvalue weighted by atomic mass is 9.93. The average molecular weight is 514 g/mol. The zero-order valence-corrected chi connectivity index (χ0v) is 22.0. The summed E-state index contributed by atoms with van der Waals surface area (Å²) in [5.41, 5.74) is -0.994. The summed E-state index contributed by atoms with van der Waals surface area (Å²) in [5.74, 6) is -0.164. The summed E-state index contributed by atoms with van der Waals surface area (Å²) < 4.78 is 33.2. The van der Waals surface area contributed by atoms with Crippen molar-refractivity contribution in [1.29, 1.82) is 0 Å². The third-order valence-corrected chi connectivity index (χ3v) is 12.8. The van der Waals surface area contributed by atoms with Gasteiger partial charge in [0.1, 0.15) is 6.10 Å². The highest BCUT2D eigenvalue weighted by Crippen LogP contribution is 2.39. The second-order valence-corrected chi connectivity index (χ2v) is 16.6. The molecule has 2 rings (SSSR count). The van der Waals surface area contributed by atoms with E-state index in [1.54, 1.807) is 6.08 Å². The molecule has 0 unspecified atom stereocenters. The van der Waals surface area contributed by atoms with Crippen LogP contribution in [0.25, 0.3) is 0 Å². The maximum absolute atomic E-state index is 13.0. The van der Waals surface area contributed by atoms with Crippen LogP contribution in [0.5, 0.6) is 0 Å². The molecule has 188 valence electrons. The van der Waals surface area contributed by atoms with Gasteiger partial charge in [-0.3, -0.25) is 25.0 Å². The Morgan fingerprint density at radius 2 is 1.79 bits per heavy atom. The third-order valence-electron chi connectivity index (χ3n) is 6.41. The maximum Gasteiger partial charge on any atom is 0.296 e. The molecule has 34 heavy (non-hydrogen) atoms. The molecule has 0 saturated carbocycles. The van der Waals surface area contributed by atoms with Gasteiger partial charge in [-0.15, -0.1) is 0 Å². The first-order valence-electron chi connectivity index (χ1n) is 10.8. The van der Waals surface area contributed by atoms with Crippen LogP contribution in [0.2, 0.25) is 18.1 Å². The van der Waals surface area contributed by atoms with Crippen LogP contribution >= 0.6 is 0 Å². The molecule has 1 aliphatic carbocycles. The number of hydrogen-bond acceptors (Lipinski definition) is 8. The fraction of sp³-hybridized carbons (Fsp3) is 0.571. The largest absolute Gasteiger partial charge is 0.407 e. The average Bonchev–Trinajstić information content (AvgIpc) is 2.72. The normalized spacial score (nSPS) is 17.6. The highest BCUT2D eigenvalue weighted by Gasteiger charge is 2.41. The molecule has 1 aromatic rings. The van der Waals surface area contributed by atoms with Crippen LogP contribution in [0, 0.1) is 20.2 Å². The van der Waals surface area contributed by atoms with Crippen LogP contribution in [0.4, 0.5) is 11.4 Å². The molecule has 0 heterocycles. The van der Waals surface area contributed by atoms with Crippen LogP contribution in [0.15, 0.2) is 34.7 Å². The molecule has 0 radical (unpaired) electrons. The number of allylic oxidation sites excluding steroid dienone is 1. The van der Waals surface area contributed by atoms with Crippen molar-refractivity contribution in [2.75, 3.05) is 13.6 Å². The first kappa shape index (κ1) is 27.8. The number of sulfonamides is 1. The maximum atomic E-state index is 13.0. The molecule has 1 aliphatic rings. The summed E-state index contributed by atoms with van der Waals surface area (Å²) in [6.45, 7) is 10.3. The Morgan fingerprint density at radius 3 is 2.32 bits per heavy atom. The van der Waals surface area contributed by atoms with Gasteiger partial charge in [0.15, 0.2) is 19.0 Å². The van der Waals surface area contributed by atoms with Gasteiger partial charge >= 0.3 is 0 Å². The zero-order valence-electron chi connectivity index (χ0n) is 20.2. The van der Waals surface area contributed by atoms with Crippen LogP contribution in [0.1, 0.15) is 40.0 Å². The number of nitrogens with zero attached hydrogens (tertiary/aromatic N) is 3. The van der Waals surface area contributed by atoms with Gasteiger partial charge in [0, 0.05) is 19.7 Å². The monoisotopic (exact) mass is 513 g/mol. The van der Waals surface area contributed by atoms with Gasteiger partial charge in [0.05, 0.1) is 15.9 Å². The number of benzene rings is 1. The standard InChI is InChI=1S/C21H31N3O8SSi/c1-21(2,3)34(5,6)32-18-9-7-8-15(20(18)25)12-13-22(4)33(30,31)19-11-10-16(23(26)27)14-17(19)24(28)29/h8,10-11,14,18H,7,9,12-13H2,1-6H3/t18-/m1/s1. The highest BCUT2D eigenvalue weighted by molar-refractivity contribution is 7.89. The van der Waals surface area contributed by atoms with E-state index in [0.717, 1.165) is 16.4 Å².